The maximum Gasteiger partial charge on any atom is -0.0147 e. The van der Waals surface area contributed by atoms with Crippen LogP contribution >= 0.6 is 0 Å². The van der Waals surface area contributed by atoms with Crippen molar-refractivity contribution in [1.82, 2.24) is 0 Å². The Labute approximate surface area is 206 Å². The third-order valence-corrected chi connectivity index (χ3v) is 7.54. The SMILES string of the molecule is CCc1cc(-c2ccc(C)cc2)cc(C(C)Cc2cc(-c3ccc(C)cc3)cc(C)c2C)c1C. The van der Waals surface area contributed by atoms with Crippen molar-refractivity contribution in [1.29, 1.82) is 0 Å². The van der Waals surface area contributed by atoms with E-state index in [4.69, 9.17) is 0 Å². The van der Waals surface area contributed by atoms with Crippen LogP contribution in [0.3, 0.4) is 0 Å². The third kappa shape index (κ3) is 5.02. The zero-order valence-electron chi connectivity index (χ0n) is 21.9. The predicted molar refractivity (Wildman–Crippen MR) is 149 cm³/mol. The first-order valence-electron chi connectivity index (χ1n) is 12.6. The second kappa shape index (κ2) is 10.0. The second-order valence-corrected chi connectivity index (χ2v) is 10.1. The molecule has 0 aliphatic rings. The van der Waals surface area contributed by atoms with Gasteiger partial charge in [-0.05, 0) is 109 Å². The molecule has 1 atom stereocenters. The lowest BCUT2D eigenvalue weighted by atomic mass is 9.83. The first-order chi connectivity index (χ1) is 16.3. The molecule has 4 aromatic rings. The molecule has 4 aromatic carbocycles. The van der Waals surface area contributed by atoms with Crippen LogP contribution in [0.5, 0.6) is 0 Å². The molecule has 0 aliphatic heterocycles. The molecule has 0 heterocycles. The largest absolute Gasteiger partial charge is 0.0613 e. The van der Waals surface area contributed by atoms with Gasteiger partial charge in [-0.3, -0.25) is 0 Å². The van der Waals surface area contributed by atoms with Crippen LogP contribution in [0.25, 0.3) is 22.3 Å². The zero-order chi connectivity index (χ0) is 24.4. The molecule has 0 spiro atoms. The van der Waals surface area contributed by atoms with Gasteiger partial charge >= 0.3 is 0 Å². The summed E-state index contributed by atoms with van der Waals surface area (Å²) >= 11 is 0. The standard InChI is InChI=1S/C34H38/c1-8-28-19-33(30-15-11-23(3)12-16-30)21-34(27(28)7)25(5)18-31-20-32(17-24(4)26(31)6)29-13-9-22(2)10-14-29/h9-17,19-21,25H,8,18H2,1-7H3. The second-order valence-electron chi connectivity index (χ2n) is 10.1. The van der Waals surface area contributed by atoms with E-state index in [1.165, 1.54) is 66.8 Å². The van der Waals surface area contributed by atoms with Crippen LogP contribution in [-0.4, -0.2) is 0 Å². The summed E-state index contributed by atoms with van der Waals surface area (Å²) in [7, 11) is 0. The van der Waals surface area contributed by atoms with Crippen molar-refractivity contribution in [3.63, 3.8) is 0 Å². The minimum absolute atomic E-state index is 0.446. The number of benzene rings is 4. The fourth-order valence-electron chi connectivity index (χ4n) is 5.09. The topological polar surface area (TPSA) is 0 Å². The molecule has 0 heteroatoms. The van der Waals surface area contributed by atoms with Crippen LogP contribution in [0, 0.1) is 34.6 Å². The van der Waals surface area contributed by atoms with Gasteiger partial charge in [-0.15, -0.1) is 0 Å². The molecule has 0 aliphatic carbocycles. The summed E-state index contributed by atoms with van der Waals surface area (Å²) in [5.74, 6) is 0.446. The van der Waals surface area contributed by atoms with E-state index in [2.05, 4.69) is 121 Å². The van der Waals surface area contributed by atoms with Gasteiger partial charge in [-0.1, -0.05) is 97.8 Å². The minimum atomic E-state index is 0.446. The van der Waals surface area contributed by atoms with E-state index in [1.807, 2.05) is 0 Å². The number of hydrogen-bond acceptors (Lipinski definition) is 0. The number of aryl methyl sites for hydroxylation is 4. The molecule has 0 amide bonds. The van der Waals surface area contributed by atoms with Gasteiger partial charge in [0.15, 0.2) is 0 Å². The summed E-state index contributed by atoms with van der Waals surface area (Å²) in [5.41, 5.74) is 16.5. The van der Waals surface area contributed by atoms with Crippen molar-refractivity contribution < 1.29 is 0 Å². The van der Waals surface area contributed by atoms with Gasteiger partial charge in [0, 0.05) is 0 Å². The molecule has 0 nitrogen and oxygen atoms in total. The predicted octanol–water partition coefficient (Wildman–Crippen LogP) is 9.47. The van der Waals surface area contributed by atoms with E-state index >= 15 is 0 Å². The van der Waals surface area contributed by atoms with Crippen molar-refractivity contribution in [2.45, 2.75) is 67.2 Å². The van der Waals surface area contributed by atoms with Gasteiger partial charge in [0.2, 0.25) is 0 Å². The Morgan fingerprint density at radius 3 is 1.59 bits per heavy atom. The summed E-state index contributed by atoms with van der Waals surface area (Å²) < 4.78 is 0. The Kier molecular flexibility index (Phi) is 7.08. The molecule has 0 fully saturated rings. The molecule has 0 saturated carbocycles. The maximum atomic E-state index is 2.44. The number of rotatable bonds is 6. The maximum absolute atomic E-state index is 2.44. The van der Waals surface area contributed by atoms with Gasteiger partial charge in [-0.25, -0.2) is 0 Å². The third-order valence-electron chi connectivity index (χ3n) is 7.54. The molecule has 34 heavy (non-hydrogen) atoms. The van der Waals surface area contributed by atoms with Gasteiger partial charge in [0.25, 0.3) is 0 Å². The van der Waals surface area contributed by atoms with Crippen molar-refractivity contribution in [2.75, 3.05) is 0 Å². The molecule has 0 radical (unpaired) electrons. The van der Waals surface area contributed by atoms with Crippen LogP contribution in [0.2, 0.25) is 0 Å². The fraction of sp³-hybridized carbons (Fsp3) is 0.294. The van der Waals surface area contributed by atoms with Gasteiger partial charge in [0.1, 0.15) is 0 Å². The van der Waals surface area contributed by atoms with E-state index in [9.17, 15) is 0 Å². The van der Waals surface area contributed by atoms with E-state index < -0.39 is 0 Å². The highest BCUT2D eigenvalue weighted by Crippen LogP contribution is 2.34. The summed E-state index contributed by atoms with van der Waals surface area (Å²) in [6.45, 7) is 15.8. The zero-order valence-corrected chi connectivity index (χ0v) is 21.9. The van der Waals surface area contributed by atoms with Crippen LogP contribution in [0.15, 0.2) is 72.8 Å². The minimum Gasteiger partial charge on any atom is -0.0613 e. The van der Waals surface area contributed by atoms with Gasteiger partial charge < -0.3 is 0 Å². The van der Waals surface area contributed by atoms with Crippen molar-refractivity contribution in [2.24, 2.45) is 0 Å². The monoisotopic (exact) mass is 446 g/mol. The molecule has 0 aromatic heterocycles. The molecule has 0 saturated heterocycles. The Morgan fingerprint density at radius 2 is 1.06 bits per heavy atom. The normalized spacial score (nSPS) is 12.1. The molecular weight excluding hydrogens is 408 g/mol. The molecule has 1 unspecified atom stereocenters. The van der Waals surface area contributed by atoms with E-state index in [-0.39, 0.29) is 0 Å². The Hall–Kier alpha value is -3.12. The van der Waals surface area contributed by atoms with Crippen LogP contribution in [0.1, 0.15) is 64.3 Å². The van der Waals surface area contributed by atoms with E-state index in [0.29, 0.717) is 5.92 Å². The summed E-state index contributed by atoms with van der Waals surface area (Å²) in [5, 5.41) is 0. The Balaban J connectivity index is 1.72. The van der Waals surface area contributed by atoms with Crippen molar-refractivity contribution in [3.8, 4) is 22.3 Å². The average molecular weight is 447 g/mol. The smallest absolute Gasteiger partial charge is 0.0147 e. The van der Waals surface area contributed by atoms with E-state index in [0.717, 1.165) is 12.8 Å². The summed E-state index contributed by atoms with van der Waals surface area (Å²) in [6.07, 6.45) is 2.11. The molecule has 0 N–H and O–H groups in total. The highest BCUT2D eigenvalue weighted by atomic mass is 14.2. The quantitative estimate of drug-likeness (QED) is 0.277. The first kappa shape index (κ1) is 24.0. The Morgan fingerprint density at radius 1 is 0.559 bits per heavy atom. The lowest BCUT2D eigenvalue weighted by molar-refractivity contribution is 0.746. The average Bonchev–Trinajstić information content (AvgIpc) is 2.83. The van der Waals surface area contributed by atoms with Crippen LogP contribution in [-0.2, 0) is 12.8 Å². The molecular formula is C34H38. The lowest BCUT2D eigenvalue weighted by Crippen LogP contribution is -2.06. The Bertz CT molecular complexity index is 1290. The fourth-order valence-corrected chi connectivity index (χ4v) is 5.09. The molecule has 0 bridgehead atoms. The molecule has 4 rings (SSSR count). The molecule has 174 valence electrons. The van der Waals surface area contributed by atoms with E-state index in [1.54, 1.807) is 0 Å². The summed E-state index contributed by atoms with van der Waals surface area (Å²) in [6, 6.07) is 27.4. The van der Waals surface area contributed by atoms with Crippen LogP contribution < -0.4 is 0 Å². The van der Waals surface area contributed by atoms with Gasteiger partial charge in [-0.2, -0.15) is 0 Å². The lowest BCUT2D eigenvalue weighted by Gasteiger charge is -2.21. The highest BCUT2D eigenvalue weighted by molar-refractivity contribution is 5.68. The van der Waals surface area contributed by atoms with Crippen molar-refractivity contribution >= 4 is 0 Å². The summed E-state index contributed by atoms with van der Waals surface area (Å²) in [4.78, 5) is 0. The number of hydrogen-bond donors (Lipinski definition) is 0. The van der Waals surface area contributed by atoms with Crippen molar-refractivity contribution in [3.05, 3.63) is 117 Å². The van der Waals surface area contributed by atoms with Gasteiger partial charge in [0.05, 0.1) is 0 Å². The first-order valence-corrected chi connectivity index (χ1v) is 12.6. The highest BCUT2D eigenvalue weighted by Gasteiger charge is 2.16. The van der Waals surface area contributed by atoms with Crippen LogP contribution in [0.4, 0.5) is 0 Å².